The second-order valence-electron chi connectivity index (χ2n) is 5.89. The van der Waals surface area contributed by atoms with Crippen LogP contribution < -0.4 is 5.32 Å². The first kappa shape index (κ1) is 15.6. The number of aryl methyl sites for hydroxylation is 1. The summed E-state index contributed by atoms with van der Waals surface area (Å²) in [5.74, 6) is 1.38. The lowest BCUT2D eigenvalue weighted by Crippen LogP contribution is -1.99. The Labute approximate surface area is 151 Å². The molecule has 0 spiro atoms. The molecule has 25 heavy (non-hydrogen) atoms. The maximum absolute atomic E-state index is 6.34. The van der Waals surface area contributed by atoms with E-state index < -0.39 is 0 Å². The van der Waals surface area contributed by atoms with E-state index in [1.165, 1.54) is 5.56 Å². The molecule has 122 valence electrons. The average Bonchev–Trinajstić information content (AvgIpc) is 2.62. The Kier molecular flexibility index (Phi) is 4.08. The number of rotatable bonds is 3. The van der Waals surface area contributed by atoms with Crippen LogP contribution in [0.3, 0.4) is 0 Å². The van der Waals surface area contributed by atoms with E-state index in [1.807, 2.05) is 60.7 Å². The molecule has 0 unspecified atom stereocenters. The van der Waals surface area contributed by atoms with Crippen LogP contribution in [-0.2, 0) is 0 Å². The zero-order chi connectivity index (χ0) is 17.2. The predicted molar refractivity (Wildman–Crippen MR) is 104 cm³/mol. The minimum absolute atomic E-state index is 0.611. The third-order valence-electron chi connectivity index (χ3n) is 4.00. The summed E-state index contributed by atoms with van der Waals surface area (Å²) in [4.78, 5) is 9.44. The summed E-state index contributed by atoms with van der Waals surface area (Å²) in [5, 5.41) is 5.03. The number of anilines is 2. The lowest BCUT2D eigenvalue weighted by atomic mass is 10.1. The van der Waals surface area contributed by atoms with Gasteiger partial charge in [0.15, 0.2) is 5.82 Å². The van der Waals surface area contributed by atoms with Crippen LogP contribution in [0.25, 0.3) is 22.3 Å². The molecular formula is C21H16ClN3. The average molecular weight is 346 g/mol. The summed E-state index contributed by atoms with van der Waals surface area (Å²) in [6.45, 7) is 2.07. The molecule has 4 rings (SSSR count). The van der Waals surface area contributed by atoms with Gasteiger partial charge in [0.25, 0.3) is 0 Å². The highest BCUT2D eigenvalue weighted by Crippen LogP contribution is 2.30. The lowest BCUT2D eigenvalue weighted by molar-refractivity contribution is 1.22. The summed E-state index contributed by atoms with van der Waals surface area (Å²) >= 11 is 6.34. The van der Waals surface area contributed by atoms with Crippen LogP contribution in [0.1, 0.15) is 5.56 Å². The third-order valence-corrected chi connectivity index (χ3v) is 4.33. The summed E-state index contributed by atoms with van der Waals surface area (Å²) in [7, 11) is 0. The van der Waals surface area contributed by atoms with E-state index >= 15 is 0 Å². The van der Waals surface area contributed by atoms with Crippen LogP contribution in [0.2, 0.25) is 5.02 Å². The number of aromatic nitrogens is 2. The molecule has 4 heteroatoms. The van der Waals surface area contributed by atoms with Crippen molar-refractivity contribution >= 4 is 34.0 Å². The number of halogens is 1. The SMILES string of the molecule is Cc1cccc(Nc2nc(-c3ccccc3Cl)nc3ccccc23)c1. The minimum Gasteiger partial charge on any atom is -0.340 e. The second kappa shape index (κ2) is 6.54. The summed E-state index contributed by atoms with van der Waals surface area (Å²) in [6, 6.07) is 23.8. The number of nitrogens with zero attached hydrogens (tertiary/aromatic N) is 2. The van der Waals surface area contributed by atoms with Gasteiger partial charge in [-0.15, -0.1) is 0 Å². The van der Waals surface area contributed by atoms with Gasteiger partial charge in [0.2, 0.25) is 0 Å². The molecule has 0 saturated heterocycles. The van der Waals surface area contributed by atoms with Gasteiger partial charge >= 0.3 is 0 Å². The molecule has 0 amide bonds. The molecule has 1 aromatic heterocycles. The van der Waals surface area contributed by atoms with Crippen molar-refractivity contribution in [2.75, 3.05) is 5.32 Å². The zero-order valence-electron chi connectivity index (χ0n) is 13.7. The first-order valence-electron chi connectivity index (χ1n) is 8.06. The third kappa shape index (κ3) is 3.19. The van der Waals surface area contributed by atoms with Gasteiger partial charge in [-0.1, -0.05) is 48.0 Å². The van der Waals surface area contributed by atoms with Crippen LogP contribution in [-0.4, -0.2) is 9.97 Å². The van der Waals surface area contributed by atoms with Crippen molar-refractivity contribution in [2.45, 2.75) is 6.92 Å². The van der Waals surface area contributed by atoms with E-state index in [0.717, 1.165) is 28.0 Å². The van der Waals surface area contributed by atoms with E-state index in [-0.39, 0.29) is 0 Å². The van der Waals surface area contributed by atoms with Crippen LogP contribution in [0.4, 0.5) is 11.5 Å². The fourth-order valence-electron chi connectivity index (χ4n) is 2.79. The largest absolute Gasteiger partial charge is 0.340 e. The monoisotopic (exact) mass is 345 g/mol. The minimum atomic E-state index is 0.611. The summed E-state index contributed by atoms with van der Waals surface area (Å²) in [6.07, 6.45) is 0. The van der Waals surface area contributed by atoms with Gasteiger partial charge in [-0.25, -0.2) is 9.97 Å². The van der Waals surface area contributed by atoms with Crippen molar-refractivity contribution in [1.82, 2.24) is 9.97 Å². The molecule has 1 heterocycles. The molecule has 0 aliphatic carbocycles. The van der Waals surface area contributed by atoms with Gasteiger partial charge in [-0.2, -0.15) is 0 Å². The highest BCUT2D eigenvalue weighted by Gasteiger charge is 2.11. The second-order valence-corrected chi connectivity index (χ2v) is 6.29. The lowest BCUT2D eigenvalue weighted by Gasteiger charge is -2.12. The molecule has 0 saturated carbocycles. The maximum atomic E-state index is 6.34. The number of hydrogen-bond donors (Lipinski definition) is 1. The van der Waals surface area contributed by atoms with Crippen molar-refractivity contribution in [1.29, 1.82) is 0 Å². The molecule has 3 nitrogen and oxygen atoms in total. The van der Waals surface area contributed by atoms with Gasteiger partial charge in [0, 0.05) is 16.6 Å². The molecule has 0 fully saturated rings. The van der Waals surface area contributed by atoms with Crippen LogP contribution in [0, 0.1) is 6.92 Å². The Morgan fingerprint density at radius 1 is 0.840 bits per heavy atom. The van der Waals surface area contributed by atoms with Crippen molar-refractivity contribution in [3.63, 3.8) is 0 Å². The van der Waals surface area contributed by atoms with Gasteiger partial charge in [-0.3, -0.25) is 0 Å². The predicted octanol–water partition coefficient (Wildman–Crippen LogP) is 6.00. The number of hydrogen-bond acceptors (Lipinski definition) is 3. The van der Waals surface area contributed by atoms with Crippen LogP contribution in [0.5, 0.6) is 0 Å². The fraction of sp³-hybridized carbons (Fsp3) is 0.0476. The molecule has 4 aromatic rings. The number of fused-ring (bicyclic) bond motifs is 1. The van der Waals surface area contributed by atoms with Crippen LogP contribution in [0.15, 0.2) is 72.8 Å². The van der Waals surface area contributed by atoms with E-state index in [4.69, 9.17) is 21.6 Å². The highest BCUT2D eigenvalue weighted by molar-refractivity contribution is 6.33. The van der Waals surface area contributed by atoms with Crippen molar-refractivity contribution in [3.05, 3.63) is 83.4 Å². The molecule has 0 aliphatic heterocycles. The number of benzene rings is 3. The summed E-state index contributed by atoms with van der Waals surface area (Å²) < 4.78 is 0. The van der Waals surface area contributed by atoms with E-state index in [1.54, 1.807) is 0 Å². The number of nitrogens with one attached hydrogen (secondary N) is 1. The first-order chi connectivity index (χ1) is 12.2. The van der Waals surface area contributed by atoms with Crippen molar-refractivity contribution in [3.8, 4) is 11.4 Å². The van der Waals surface area contributed by atoms with Crippen LogP contribution >= 0.6 is 11.6 Å². The zero-order valence-corrected chi connectivity index (χ0v) is 14.5. The highest BCUT2D eigenvalue weighted by atomic mass is 35.5. The quantitative estimate of drug-likeness (QED) is 0.494. The Balaban J connectivity index is 1.89. The smallest absolute Gasteiger partial charge is 0.163 e. The van der Waals surface area contributed by atoms with Gasteiger partial charge < -0.3 is 5.32 Å². The van der Waals surface area contributed by atoms with Crippen molar-refractivity contribution < 1.29 is 0 Å². The Hall–Kier alpha value is -2.91. The molecule has 3 aromatic carbocycles. The summed E-state index contributed by atoms with van der Waals surface area (Å²) in [5.41, 5.74) is 3.88. The molecule has 0 atom stereocenters. The normalized spacial score (nSPS) is 10.8. The van der Waals surface area contributed by atoms with E-state index in [2.05, 4.69) is 24.4 Å². The van der Waals surface area contributed by atoms with E-state index in [9.17, 15) is 0 Å². The fourth-order valence-corrected chi connectivity index (χ4v) is 3.01. The molecule has 0 radical (unpaired) electrons. The van der Waals surface area contributed by atoms with Crippen molar-refractivity contribution in [2.24, 2.45) is 0 Å². The molecule has 0 bridgehead atoms. The van der Waals surface area contributed by atoms with Gasteiger partial charge in [0.05, 0.1) is 10.5 Å². The van der Waals surface area contributed by atoms with Gasteiger partial charge in [0.1, 0.15) is 5.82 Å². The maximum Gasteiger partial charge on any atom is 0.163 e. The Bertz CT molecular complexity index is 1060. The number of para-hydroxylation sites is 1. The first-order valence-corrected chi connectivity index (χ1v) is 8.44. The molecular weight excluding hydrogens is 330 g/mol. The Morgan fingerprint density at radius 3 is 2.48 bits per heavy atom. The standard InChI is InChI=1S/C21H16ClN3/c1-14-7-6-8-15(13-14)23-21-17-10-3-5-12-19(17)24-20(25-21)16-9-2-4-11-18(16)22/h2-13H,1H3,(H,23,24,25). The molecule has 0 aliphatic rings. The van der Waals surface area contributed by atoms with Gasteiger partial charge in [-0.05, 0) is 48.9 Å². The topological polar surface area (TPSA) is 37.8 Å². The Morgan fingerprint density at radius 2 is 1.64 bits per heavy atom. The van der Waals surface area contributed by atoms with E-state index in [0.29, 0.717) is 10.8 Å². The molecule has 1 N–H and O–H groups in total.